The summed E-state index contributed by atoms with van der Waals surface area (Å²) in [7, 11) is 5.55. The molecule has 1 aromatic rings. The molecular weight excluding hydrogens is 244 g/mol. The lowest BCUT2D eigenvalue weighted by Crippen LogP contribution is -2.21. The topological polar surface area (TPSA) is 32.3 Å². The number of rotatable bonds is 7. The number of hydrogen-bond donors (Lipinski definition) is 1. The summed E-state index contributed by atoms with van der Waals surface area (Å²) in [4.78, 5) is 14.3. The number of amides is 1. The second-order valence-corrected chi connectivity index (χ2v) is 5.58. The highest BCUT2D eigenvalue weighted by Gasteiger charge is 2.03. The predicted molar refractivity (Wildman–Crippen MR) is 77.9 cm³/mol. The average Bonchev–Trinajstić information content (AvgIpc) is 2.36. The van der Waals surface area contributed by atoms with E-state index in [0.717, 1.165) is 18.7 Å². The van der Waals surface area contributed by atoms with Gasteiger partial charge in [-0.1, -0.05) is 12.1 Å². The van der Waals surface area contributed by atoms with Gasteiger partial charge in [-0.25, -0.2) is 0 Å². The molecule has 0 aromatic heterocycles. The minimum atomic E-state index is 0.208. The summed E-state index contributed by atoms with van der Waals surface area (Å²) in [6.07, 6.45) is 1.57. The van der Waals surface area contributed by atoms with Crippen LogP contribution in [0.3, 0.4) is 0 Å². The van der Waals surface area contributed by atoms with Gasteiger partial charge in [-0.3, -0.25) is 4.79 Å². The highest BCUT2D eigenvalue weighted by molar-refractivity contribution is 7.99. The fourth-order valence-corrected chi connectivity index (χ4v) is 2.40. The van der Waals surface area contributed by atoms with Crippen LogP contribution in [0.15, 0.2) is 29.2 Å². The molecule has 0 bridgehead atoms. The number of carbonyl (C=O) groups is 1. The summed E-state index contributed by atoms with van der Waals surface area (Å²) in [6, 6.07) is 8.57. The van der Waals surface area contributed by atoms with Crippen molar-refractivity contribution < 1.29 is 4.79 Å². The van der Waals surface area contributed by atoms with Crippen LogP contribution < -0.4 is 5.32 Å². The second-order valence-electron chi connectivity index (χ2n) is 4.41. The lowest BCUT2D eigenvalue weighted by atomic mass is 10.2. The highest BCUT2D eigenvalue weighted by atomic mass is 32.2. The maximum absolute atomic E-state index is 11.4. The zero-order valence-corrected chi connectivity index (χ0v) is 12.2. The van der Waals surface area contributed by atoms with Crippen molar-refractivity contribution in [2.24, 2.45) is 0 Å². The van der Waals surface area contributed by atoms with Gasteiger partial charge in [0.05, 0.1) is 0 Å². The summed E-state index contributed by atoms with van der Waals surface area (Å²) in [5.41, 5.74) is 1.30. The van der Waals surface area contributed by atoms with E-state index in [2.05, 4.69) is 29.6 Å². The molecule has 1 rings (SSSR count). The van der Waals surface area contributed by atoms with Crippen molar-refractivity contribution >= 4 is 17.7 Å². The van der Waals surface area contributed by atoms with E-state index in [1.165, 1.54) is 10.5 Å². The van der Waals surface area contributed by atoms with E-state index in [0.29, 0.717) is 6.42 Å². The molecule has 0 radical (unpaired) electrons. The summed E-state index contributed by atoms with van der Waals surface area (Å²) < 4.78 is 0. The number of thioether (sulfide) groups is 1. The molecule has 1 aromatic carbocycles. The van der Waals surface area contributed by atoms with Crippen molar-refractivity contribution in [2.45, 2.75) is 24.3 Å². The lowest BCUT2D eigenvalue weighted by molar-refractivity contribution is -0.128. The van der Waals surface area contributed by atoms with E-state index in [1.807, 2.05) is 18.8 Å². The number of nitrogens with one attached hydrogen (secondary N) is 1. The molecule has 0 saturated carbocycles. The molecule has 3 nitrogen and oxygen atoms in total. The fraction of sp³-hybridized carbons (Fsp3) is 0.500. The zero-order valence-electron chi connectivity index (χ0n) is 11.4. The van der Waals surface area contributed by atoms with Crippen molar-refractivity contribution in [3.63, 3.8) is 0 Å². The standard InChI is InChI=1S/C14H22N2OS/c1-15-11-12-6-8-13(9-7-12)18-10-4-5-14(17)16(2)3/h6-9,15H,4-5,10-11H2,1-3H3. The van der Waals surface area contributed by atoms with Gasteiger partial charge in [-0.2, -0.15) is 0 Å². The zero-order chi connectivity index (χ0) is 13.4. The van der Waals surface area contributed by atoms with Gasteiger partial charge in [0, 0.05) is 32.0 Å². The molecule has 1 N–H and O–H groups in total. The molecule has 0 aliphatic rings. The fourth-order valence-electron chi connectivity index (χ4n) is 1.54. The van der Waals surface area contributed by atoms with E-state index in [9.17, 15) is 4.79 Å². The van der Waals surface area contributed by atoms with Crippen LogP contribution in [-0.2, 0) is 11.3 Å². The van der Waals surface area contributed by atoms with Crippen LogP contribution in [-0.4, -0.2) is 37.7 Å². The Kier molecular flexibility index (Phi) is 6.83. The molecule has 0 aliphatic carbocycles. The molecule has 100 valence electrons. The van der Waals surface area contributed by atoms with E-state index < -0.39 is 0 Å². The summed E-state index contributed by atoms with van der Waals surface area (Å²) in [5.74, 6) is 1.20. The second kappa shape index (κ2) is 8.16. The third-order valence-electron chi connectivity index (χ3n) is 2.61. The Morgan fingerprint density at radius 1 is 1.28 bits per heavy atom. The quantitative estimate of drug-likeness (QED) is 0.607. The van der Waals surface area contributed by atoms with Crippen LogP contribution in [0.5, 0.6) is 0 Å². The first-order valence-electron chi connectivity index (χ1n) is 6.20. The summed E-state index contributed by atoms with van der Waals surface area (Å²) in [6.45, 7) is 0.905. The molecule has 1 amide bonds. The third-order valence-corrected chi connectivity index (χ3v) is 3.71. The molecule has 0 heterocycles. The first-order chi connectivity index (χ1) is 8.63. The maximum Gasteiger partial charge on any atom is 0.222 e. The van der Waals surface area contributed by atoms with Crippen LogP contribution in [0.2, 0.25) is 0 Å². The van der Waals surface area contributed by atoms with Crippen LogP contribution in [0, 0.1) is 0 Å². The van der Waals surface area contributed by atoms with E-state index in [-0.39, 0.29) is 5.91 Å². The van der Waals surface area contributed by atoms with E-state index in [4.69, 9.17) is 0 Å². The van der Waals surface area contributed by atoms with Crippen molar-refractivity contribution in [1.82, 2.24) is 10.2 Å². The van der Waals surface area contributed by atoms with Gasteiger partial charge >= 0.3 is 0 Å². The van der Waals surface area contributed by atoms with Crippen LogP contribution in [0.4, 0.5) is 0 Å². The molecule has 18 heavy (non-hydrogen) atoms. The third kappa shape index (κ3) is 5.56. The van der Waals surface area contributed by atoms with Gasteiger partial charge in [0.15, 0.2) is 0 Å². The molecule has 0 fully saturated rings. The Morgan fingerprint density at radius 3 is 2.50 bits per heavy atom. The molecule has 0 spiro atoms. The molecule has 0 aliphatic heterocycles. The SMILES string of the molecule is CNCc1ccc(SCCCC(=O)N(C)C)cc1. The van der Waals surface area contributed by atoms with Gasteiger partial charge in [0.25, 0.3) is 0 Å². The number of hydrogen-bond acceptors (Lipinski definition) is 3. The number of nitrogens with zero attached hydrogens (tertiary/aromatic N) is 1. The van der Waals surface area contributed by atoms with Crippen molar-refractivity contribution in [3.05, 3.63) is 29.8 Å². The van der Waals surface area contributed by atoms with Gasteiger partial charge in [-0.05, 0) is 36.9 Å². The minimum absolute atomic E-state index is 0.208. The molecular formula is C14H22N2OS. The predicted octanol–water partition coefficient (Wildman–Crippen LogP) is 2.37. The van der Waals surface area contributed by atoms with Crippen LogP contribution in [0.1, 0.15) is 18.4 Å². The van der Waals surface area contributed by atoms with Gasteiger partial charge in [0.2, 0.25) is 5.91 Å². The monoisotopic (exact) mass is 266 g/mol. The van der Waals surface area contributed by atoms with E-state index >= 15 is 0 Å². The first-order valence-corrected chi connectivity index (χ1v) is 7.18. The average molecular weight is 266 g/mol. The molecule has 0 atom stereocenters. The first kappa shape index (κ1) is 15.1. The smallest absolute Gasteiger partial charge is 0.222 e. The Morgan fingerprint density at radius 2 is 1.94 bits per heavy atom. The molecule has 0 unspecified atom stereocenters. The summed E-state index contributed by atoms with van der Waals surface area (Å²) in [5, 5.41) is 3.13. The Hall–Kier alpha value is -1.00. The molecule has 0 saturated heterocycles. The van der Waals surface area contributed by atoms with Crippen molar-refractivity contribution in [2.75, 3.05) is 26.9 Å². The van der Waals surface area contributed by atoms with Crippen molar-refractivity contribution in [1.29, 1.82) is 0 Å². The van der Waals surface area contributed by atoms with Crippen LogP contribution in [0.25, 0.3) is 0 Å². The highest BCUT2D eigenvalue weighted by Crippen LogP contribution is 2.19. The number of benzene rings is 1. The normalized spacial score (nSPS) is 10.4. The molecule has 4 heteroatoms. The Labute approximate surface area is 114 Å². The van der Waals surface area contributed by atoms with E-state index in [1.54, 1.807) is 19.0 Å². The summed E-state index contributed by atoms with van der Waals surface area (Å²) >= 11 is 1.81. The van der Waals surface area contributed by atoms with Crippen LogP contribution >= 0.6 is 11.8 Å². The largest absolute Gasteiger partial charge is 0.349 e. The van der Waals surface area contributed by atoms with Crippen molar-refractivity contribution in [3.8, 4) is 0 Å². The lowest BCUT2D eigenvalue weighted by Gasteiger charge is -2.09. The van der Waals surface area contributed by atoms with Gasteiger partial charge in [-0.15, -0.1) is 11.8 Å². The Balaban J connectivity index is 2.25. The van der Waals surface area contributed by atoms with Gasteiger partial charge in [0.1, 0.15) is 0 Å². The number of carbonyl (C=O) groups excluding carboxylic acids is 1. The Bertz CT molecular complexity index is 363. The maximum atomic E-state index is 11.4. The van der Waals surface area contributed by atoms with Gasteiger partial charge < -0.3 is 10.2 Å². The minimum Gasteiger partial charge on any atom is -0.349 e.